The van der Waals surface area contributed by atoms with E-state index in [0.717, 1.165) is 28.1 Å². The Kier molecular flexibility index (Phi) is 5.26. The van der Waals surface area contributed by atoms with E-state index >= 15 is 4.39 Å². The Bertz CT molecular complexity index is 2000. The molecule has 7 rings (SSSR count). The van der Waals surface area contributed by atoms with Crippen molar-refractivity contribution >= 4 is 27.8 Å². The van der Waals surface area contributed by atoms with Crippen LogP contribution in [0.5, 0.6) is 0 Å². The number of methoxy groups -OCH3 is 1. The lowest BCUT2D eigenvalue weighted by Gasteiger charge is -2.40. The molecule has 11 nitrogen and oxygen atoms in total. The first-order valence-electron chi connectivity index (χ1n) is 12.9. The van der Waals surface area contributed by atoms with Crippen molar-refractivity contribution in [1.82, 2.24) is 38.0 Å². The number of anilines is 1. The molecule has 0 atom stereocenters. The topological polar surface area (TPSA) is 92.9 Å². The Morgan fingerprint density at radius 2 is 1.80 bits per heavy atom. The third-order valence-electron chi connectivity index (χ3n) is 7.91. The molecule has 2 aromatic carbocycles. The highest BCUT2D eigenvalue weighted by molar-refractivity contribution is 5.94. The first-order chi connectivity index (χ1) is 19.2. The summed E-state index contributed by atoms with van der Waals surface area (Å²) >= 11 is 0. The molecule has 0 aliphatic carbocycles. The maximum absolute atomic E-state index is 15.7. The van der Waals surface area contributed by atoms with Gasteiger partial charge in [-0.3, -0.25) is 18.4 Å². The zero-order valence-electron chi connectivity index (χ0n) is 22.8. The smallest absolute Gasteiger partial charge is 0.328 e. The Morgan fingerprint density at radius 3 is 2.48 bits per heavy atom. The molecule has 1 fully saturated rings. The normalized spacial score (nSPS) is 14.1. The molecule has 204 valence electrons. The van der Waals surface area contributed by atoms with Gasteiger partial charge in [-0.15, -0.1) is 0 Å². The fraction of sp³-hybridized carbons (Fsp3) is 0.286. The van der Waals surface area contributed by atoms with Gasteiger partial charge in [0.05, 0.1) is 58.3 Å². The molecule has 40 heavy (non-hydrogen) atoms. The number of rotatable bonds is 5. The van der Waals surface area contributed by atoms with Crippen LogP contribution in [0.15, 0.2) is 54.0 Å². The number of hydrogen-bond donors (Lipinski definition) is 0. The van der Waals surface area contributed by atoms with E-state index in [1.807, 2.05) is 28.3 Å². The van der Waals surface area contributed by atoms with Crippen LogP contribution in [-0.2, 0) is 32.9 Å². The highest BCUT2D eigenvalue weighted by Gasteiger charge is 2.30. The van der Waals surface area contributed by atoms with E-state index in [0.29, 0.717) is 41.1 Å². The van der Waals surface area contributed by atoms with E-state index in [9.17, 15) is 4.79 Å². The van der Waals surface area contributed by atoms with E-state index < -0.39 is 0 Å². The molecular formula is C28H28FN9O2. The number of imidazole rings is 3. The first-order valence-corrected chi connectivity index (χ1v) is 12.9. The molecule has 4 aromatic heterocycles. The highest BCUT2D eigenvalue weighted by atomic mass is 19.1. The van der Waals surface area contributed by atoms with E-state index in [1.165, 1.54) is 6.07 Å². The van der Waals surface area contributed by atoms with Gasteiger partial charge in [0.25, 0.3) is 0 Å². The van der Waals surface area contributed by atoms with Gasteiger partial charge in [-0.05, 0) is 18.2 Å². The number of hydrogen-bond acceptors (Lipinski definition) is 6. The van der Waals surface area contributed by atoms with Crippen molar-refractivity contribution in [3.8, 4) is 28.3 Å². The molecule has 5 heterocycles. The number of ether oxygens (including phenoxy) is 1. The highest BCUT2D eigenvalue weighted by Crippen LogP contribution is 2.37. The van der Waals surface area contributed by atoms with Crippen LogP contribution in [-0.4, -0.2) is 64.3 Å². The van der Waals surface area contributed by atoms with Crippen LogP contribution >= 0.6 is 0 Å². The Balaban J connectivity index is 1.53. The number of fused-ring (bicyclic) bond motifs is 2. The standard InChI is InChI=1S/C28H28FN9O2/c1-33-15-30-11-25(33)27-32-21-8-19(16-10-31-34(2)12-16)20(29)9-22(21)38(27)17-6-23-26(36(4)28(39)35(23)3)24(7-17)37-13-18(14-37)40-5/h6-12,15,18H,13-14H2,1-5H3. The largest absolute Gasteiger partial charge is 0.378 e. The summed E-state index contributed by atoms with van der Waals surface area (Å²) in [6, 6.07) is 7.28. The zero-order valence-corrected chi connectivity index (χ0v) is 22.8. The van der Waals surface area contributed by atoms with Gasteiger partial charge in [0.2, 0.25) is 0 Å². The summed E-state index contributed by atoms with van der Waals surface area (Å²) in [7, 11) is 8.95. The molecule has 0 saturated carbocycles. The van der Waals surface area contributed by atoms with Gasteiger partial charge in [0, 0.05) is 71.8 Å². The van der Waals surface area contributed by atoms with Gasteiger partial charge >= 0.3 is 5.69 Å². The van der Waals surface area contributed by atoms with Crippen LogP contribution < -0.4 is 10.6 Å². The fourth-order valence-electron chi connectivity index (χ4n) is 5.65. The Labute approximate surface area is 228 Å². The third-order valence-corrected chi connectivity index (χ3v) is 7.91. The summed E-state index contributed by atoms with van der Waals surface area (Å²) < 4.78 is 30.0. The van der Waals surface area contributed by atoms with Crippen molar-refractivity contribution < 1.29 is 9.13 Å². The predicted octanol–water partition coefficient (Wildman–Crippen LogP) is 2.99. The quantitative estimate of drug-likeness (QED) is 0.333. The van der Waals surface area contributed by atoms with Crippen LogP contribution in [0.25, 0.3) is 50.4 Å². The summed E-state index contributed by atoms with van der Waals surface area (Å²) in [6.45, 7) is 1.42. The summed E-state index contributed by atoms with van der Waals surface area (Å²) in [5.74, 6) is 0.236. The molecule has 0 unspecified atom stereocenters. The van der Waals surface area contributed by atoms with Crippen molar-refractivity contribution in [2.24, 2.45) is 28.2 Å². The van der Waals surface area contributed by atoms with Crippen LogP contribution in [0.1, 0.15) is 0 Å². The van der Waals surface area contributed by atoms with Crippen LogP contribution in [0.4, 0.5) is 10.1 Å². The minimum Gasteiger partial charge on any atom is -0.378 e. The molecule has 1 aliphatic rings. The Morgan fingerprint density at radius 1 is 1.00 bits per heavy atom. The van der Waals surface area contributed by atoms with Gasteiger partial charge < -0.3 is 14.2 Å². The molecule has 0 N–H and O–H groups in total. The van der Waals surface area contributed by atoms with Crippen LogP contribution in [0.2, 0.25) is 0 Å². The molecule has 0 bridgehead atoms. The van der Waals surface area contributed by atoms with Gasteiger partial charge in [-0.2, -0.15) is 5.10 Å². The number of aryl methyl sites for hydroxylation is 4. The number of halogens is 1. The molecule has 0 spiro atoms. The molecule has 6 aromatic rings. The van der Waals surface area contributed by atoms with Crippen molar-refractivity contribution in [2.45, 2.75) is 6.10 Å². The summed E-state index contributed by atoms with van der Waals surface area (Å²) in [5.41, 5.74) is 6.26. The van der Waals surface area contributed by atoms with Crippen molar-refractivity contribution in [3.05, 3.63) is 65.5 Å². The first kappa shape index (κ1) is 24.3. The van der Waals surface area contributed by atoms with Crippen molar-refractivity contribution in [3.63, 3.8) is 0 Å². The monoisotopic (exact) mass is 541 g/mol. The zero-order chi connectivity index (χ0) is 27.9. The van der Waals surface area contributed by atoms with Gasteiger partial charge in [0.1, 0.15) is 11.5 Å². The lowest BCUT2D eigenvalue weighted by Crippen LogP contribution is -2.52. The molecule has 12 heteroatoms. The number of aromatic nitrogens is 8. The van der Waals surface area contributed by atoms with Gasteiger partial charge in [-0.25, -0.2) is 19.2 Å². The fourth-order valence-corrected chi connectivity index (χ4v) is 5.65. The molecule has 0 radical (unpaired) electrons. The number of nitrogens with zero attached hydrogens (tertiary/aromatic N) is 9. The second kappa shape index (κ2) is 8.65. The van der Waals surface area contributed by atoms with Crippen LogP contribution in [0.3, 0.4) is 0 Å². The SMILES string of the molecule is COC1CN(c2cc(-n3c(-c4cncn4C)nc4cc(-c5cnn(C)c5)c(F)cc43)cc3c2n(C)c(=O)n3C)C1. The second-order valence-electron chi connectivity index (χ2n) is 10.4. The average molecular weight is 542 g/mol. The van der Waals surface area contributed by atoms with Crippen molar-refractivity contribution in [1.29, 1.82) is 0 Å². The van der Waals surface area contributed by atoms with E-state index in [1.54, 1.807) is 73.1 Å². The van der Waals surface area contributed by atoms with E-state index in [4.69, 9.17) is 9.72 Å². The summed E-state index contributed by atoms with van der Waals surface area (Å²) in [4.78, 5) is 24.5. The Hall–Kier alpha value is -4.71. The maximum Gasteiger partial charge on any atom is 0.328 e. The number of benzene rings is 2. The predicted molar refractivity (Wildman–Crippen MR) is 150 cm³/mol. The van der Waals surface area contributed by atoms with E-state index in [2.05, 4.69) is 15.0 Å². The minimum absolute atomic E-state index is 0.119. The summed E-state index contributed by atoms with van der Waals surface area (Å²) in [5, 5.41) is 4.20. The van der Waals surface area contributed by atoms with Gasteiger partial charge in [0.15, 0.2) is 5.82 Å². The molecular weight excluding hydrogens is 513 g/mol. The molecule has 0 amide bonds. The molecule has 1 saturated heterocycles. The van der Waals surface area contributed by atoms with E-state index in [-0.39, 0.29) is 17.6 Å². The van der Waals surface area contributed by atoms with Gasteiger partial charge in [-0.1, -0.05) is 0 Å². The average Bonchev–Trinajstić information content (AvgIpc) is 3.66. The lowest BCUT2D eigenvalue weighted by molar-refractivity contribution is 0.0789. The second-order valence-corrected chi connectivity index (χ2v) is 10.4. The summed E-state index contributed by atoms with van der Waals surface area (Å²) in [6.07, 6.45) is 6.99. The third kappa shape index (κ3) is 3.45. The minimum atomic E-state index is -0.378. The maximum atomic E-state index is 15.7. The lowest BCUT2D eigenvalue weighted by atomic mass is 10.1. The molecule has 1 aliphatic heterocycles. The van der Waals surface area contributed by atoms with Crippen LogP contribution in [0, 0.1) is 5.82 Å². The van der Waals surface area contributed by atoms with Crippen molar-refractivity contribution in [2.75, 3.05) is 25.1 Å².